The van der Waals surface area contributed by atoms with Gasteiger partial charge in [0.2, 0.25) is 0 Å². The van der Waals surface area contributed by atoms with Gasteiger partial charge in [-0.3, -0.25) is 0 Å². The molecule has 2 rings (SSSR count). The van der Waals surface area contributed by atoms with Gasteiger partial charge in [-0.05, 0) is 45.3 Å². The van der Waals surface area contributed by atoms with Crippen molar-refractivity contribution >= 4 is 22.6 Å². The minimum atomic E-state index is -4.36. The maximum Gasteiger partial charge on any atom is 0.416 e. The Hall–Kier alpha value is -1.27. The monoisotopic (exact) mass is 319 g/mol. The summed E-state index contributed by atoms with van der Waals surface area (Å²) in [7, 11) is 3.95. The molecule has 0 fully saturated rings. The molecule has 0 atom stereocenters. The maximum absolute atomic E-state index is 12.7. The quantitative estimate of drug-likeness (QED) is 0.783. The molecule has 2 aromatic rings. The molecule has 0 saturated heterocycles. The molecule has 0 spiro atoms. The van der Waals surface area contributed by atoms with E-state index in [2.05, 4.69) is 9.88 Å². The molecule has 1 aromatic carbocycles. The van der Waals surface area contributed by atoms with Gasteiger partial charge in [-0.15, -0.1) is 11.6 Å². The summed E-state index contributed by atoms with van der Waals surface area (Å²) in [5.41, 5.74) is 0.344. The summed E-state index contributed by atoms with van der Waals surface area (Å²) in [5, 5.41) is 0. The predicted molar refractivity (Wildman–Crippen MR) is 77.5 cm³/mol. The Bertz CT molecular complexity index is 620. The van der Waals surface area contributed by atoms with Crippen molar-refractivity contribution in [2.45, 2.75) is 25.0 Å². The number of alkyl halides is 4. The van der Waals surface area contributed by atoms with E-state index in [9.17, 15) is 13.2 Å². The van der Waals surface area contributed by atoms with E-state index in [0.29, 0.717) is 23.4 Å². The number of fused-ring (bicyclic) bond motifs is 1. The third-order valence-corrected chi connectivity index (χ3v) is 3.50. The van der Waals surface area contributed by atoms with Gasteiger partial charge in [-0.1, -0.05) is 0 Å². The zero-order valence-electron chi connectivity index (χ0n) is 11.9. The molecule has 116 valence electrons. The van der Waals surface area contributed by atoms with Crippen LogP contribution in [0.15, 0.2) is 18.2 Å². The Balaban J connectivity index is 2.35. The molecular weight excluding hydrogens is 303 g/mol. The number of halogens is 4. The number of hydrogen-bond acceptors (Lipinski definition) is 2. The lowest BCUT2D eigenvalue weighted by Gasteiger charge is -2.12. The Labute approximate surface area is 126 Å². The topological polar surface area (TPSA) is 21.1 Å². The molecule has 0 aliphatic rings. The van der Waals surface area contributed by atoms with Gasteiger partial charge in [-0.2, -0.15) is 13.2 Å². The van der Waals surface area contributed by atoms with Crippen LogP contribution in [-0.2, 0) is 18.6 Å². The van der Waals surface area contributed by atoms with Crippen LogP contribution < -0.4 is 0 Å². The van der Waals surface area contributed by atoms with Crippen molar-refractivity contribution in [2.24, 2.45) is 0 Å². The van der Waals surface area contributed by atoms with Crippen molar-refractivity contribution in [3.63, 3.8) is 0 Å². The highest BCUT2D eigenvalue weighted by molar-refractivity contribution is 6.16. The van der Waals surface area contributed by atoms with Crippen LogP contribution >= 0.6 is 11.6 Å². The average Bonchev–Trinajstić information content (AvgIpc) is 2.74. The third kappa shape index (κ3) is 3.68. The smallest absolute Gasteiger partial charge is 0.327 e. The molecule has 0 saturated carbocycles. The lowest BCUT2D eigenvalue weighted by molar-refractivity contribution is -0.137. The first-order valence-electron chi connectivity index (χ1n) is 6.60. The van der Waals surface area contributed by atoms with Crippen LogP contribution in [0.5, 0.6) is 0 Å². The molecule has 0 aliphatic heterocycles. The average molecular weight is 320 g/mol. The Kier molecular flexibility index (Phi) is 4.78. The van der Waals surface area contributed by atoms with Crippen LogP contribution in [0.4, 0.5) is 13.2 Å². The first-order chi connectivity index (χ1) is 9.82. The van der Waals surface area contributed by atoms with Gasteiger partial charge in [0.25, 0.3) is 0 Å². The summed E-state index contributed by atoms with van der Waals surface area (Å²) in [4.78, 5) is 6.28. The number of hydrogen-bond donors (Lipinski definition) is 0. The van der Waals surface area contributed by atoms with Crippen molar-refractivity contribution in [3.05, 3.63) is 29.6 Å². The predicted octanol–water partition coefficient (Wildman–Crippen LogP) is 3.75. The maximum atomic E-state index is 12.7. The second-order valence-corrected chi connectivity index (χ2v) is 5.44. The highest BCUT2D eigenvalue weighted by atomic mass is 35.5. The molecule has 3 nitrogen and oxygen atoms in total. The van der Waals surface area contributed by atoms with E-state index in [-0.39, 0.29) is 5.88 Å². The zero-order chi connectivity index (χ0) is 15.6. The SMILES string of the molecule is CN(C)CCCn1c(CCl)nc2cc(C(F)(F)F)ccc21. The van der Waals surface area contributed by atoms with E-state index >= 15 is 0 Å². The molecule has 0 bridgehead atoms. The van der Waals surface area contributed by atoms with Crippen molar-refractivity contribution in [3.8, 4) is 0 Å². The van der Waals surface area contributed by atoms with Gasteiger partial charge < -0.3 is 9.47 Å². The van der Waals surface area contributed by atoms with Crippen LogP contribution in [-0.4, -0.2) is 35.1 Å². The first-order valence-corrected chi connectivity index (χ1v) is 7.13. The highest BCUT2D eigenvalue weighted by Crippen LogP contribution is 2.31. The van der Waals surface area contributed by atoms with Crippen molar-refractivity contribution in [1.29, 1.82) is 0 Å². The molecule has 0 N–H and O–H groups in total. The van der Waals surface area contributed by atoms with Crippen molar-refractivity contribution in [2.75, 3.05) is 20.6 Å². The molecule has 0 radical (unpaired) electrons. The van der Waals surface area contributed by atoms with E-state index in [4.69, 9.17) is 11.6 Å². The molecule has 0 aliphatic carbocycles. The third-order valence-electron chi connectivity index (χ3n) is 3.26. The fourth-order valence-corrected chi connectivity index (χ4v) is 2.46. The van der Waals surface area contributed by atoms with Gasteiger partial charge in [0.15, 0.2) is 0 Å². The molecule has 0 amide bonds. The number of nitrogens with zero attached hydrogens (tertiary/aromatic N) is 3. The second kappa shape index (κ2) is 6.23. The summed E-state index contributed by atoms with van der Waals surface area (Å²) in [6.07, 6.45) is -3.48. The van der Waals surface area contributed by atoms with Gasteiger partial charge in [0.05, 0.1) is 22.5 Å². The molecule has 7 heteroatoms. The number of imidazole rings is 1. The van der Waals surface area contributed by atoms with Crippen LogP contribution in [0.3, 0.4) is 0 Å². The van der Waals surface area contributed by atoms with E-state index in [0.717, 1.165) is 25.1 Å². The van der Waals surface area contributed by atoms with Gasteiger partial charge in [-0.25, -0.2) is 4.98 Å². The van der Waals surface area contributed by atoms with Crippen LogP contribution in [0, 0.1) is 0 Å². The molecule has 0 unspecified atom stereocenters. The summed E-state index contributed by atoms with van der Waals surface area (Å²) < 4.78 is 40.1. The summed E-state index contributed by atoms with van der Waals surface area (Å²) in [5.74, 6) is 0.780. The largest absolute Gasteiger partial charge is 0.416 e. The molecular formula is C14H17ClF3N3. The Morgan fingerprint density at radius 1 is 1.29 bits per heavy atom. The van der Waals surface area contributed by atoms with E-state index in [1.165, 1.54) is 6.07 Å². The summed E-state index contributed by atoms with van der Waals surface area (Å²) in [6.45, 7) is 1.57. The normalized spacial score (nSPS) is 12.5. The summed E-state index contributed by atoms with van der Waals surface area (Å²) >= 11 is 5.86. The van der Waals surface area contributed by atoms with E-state index in [1.54, 1.807) is 0 Å². The first kappa shape index (κ1) is 16.1. The number of aryl methyl sites for hydroxylation is 1. The Morgan fingerprint density at radius 2 is 2.00 bits per heavy atom. The zero-order valence-corrected chi connectivity index (χ0v) is 12.7. The highest BCUT2D eigenvalue weighted by Gasteiger charge is 2.31. The lowest BCUT2D eigenvalue weighted by atomic mass is 10.2. The van der Waals surface area contributed by atoms with Crippen molar-refractivity contribution in [1.82, 2.24) is 14.5 Å². The Morgan fingerprint density at radius 3 is 2.57 bits per heavy atom. The second-order valence-electron chi connectivity index (χ2n) is 5.17. The van der Waals surface area contributed by atoms with E-state index < -0.39 is 11.7 Å². The molecule has 1 heterocycles. The fraction of sp³-hybridized carbons (Fsp3) is 0.500. The molecule has 1 aromatic heterocycles. The number of rotatable bonds is 5. The summed E-state index contributed by atoms with van der Waals surface area (Å²) in [6, 6.07) is 3.63. The van der Waals surface area contributed by atoms with Crippen LogP contribution in [0.1, 0.15) is 17.8 Å². The lowest BCUT2D eigenvalue weighted by Crippen LogP contribution is -2.15. The fourth-order valence-electron chi connectivity index (χ4n) is 2.25. The van der Waals surface area contributed by atoms with Gasteiger partial charge >= 0.3 is 6.18 Å². The van der Waals surface area contributed by atoms with Gasteiger partial charge in [0, 0.05) is 6.54 Å². The minimum Gasteiger partial charge on any atom is -0.327 e. The van der Waals surface area contributed by atoms with E-state index in [1.807, 2.05) is 18.7 Å². The number of benzene rings is 1. The van der Waals surface area contributed by atoms with Crippen LogP contribution in [0.2, 0.25) is 0 Å². The number of aromatic nitrogens is 2. The minimum absolute atomic E-state index is 0.179. The molecule has 21 heavy (non-hydrogen) atoms. The standard InChI is InChI=1S/C14H17ClF3N3/c1-20(2)6-3-7-21-12-5-4-10(14(16,17)18)8-11(12)19-13(21)9-15/h4-5,8H,3,6-7,9H2,1-2H3. The van der Waals surface area contributed by atoms with Crippen molar-refractivity contribution < 1.29 is 13.2 Å². The van der Waals surface area contributed by atoms with Gasteiger partial charge in [0.1, 0.15) is 5.82 Å². The van der Waals surface area contributed by atoms with Crippen LogP contribution in [0.25, 0.3) is 11.0 Å².